The van der Waals surface area contributed by atoms with Gasteiger partial charge in [-0.1, -0.05) is 58.1 Å². The van der Waals surface area contributed by atoms with E-state index >= 15 is 0 Å². The van der Waals surface area contributed by atoms with E-state index in [4.69, 9.17) is 0 Å². The molecule has 1 aliphatic rings. The molecule has 0 spiro atoms. The molecular weight excluding hydrogens is 204 g/mol. The summed E-state index contributed by atoms with van der Waals surface area (Å²) in [6, 6.07) is 0. The molecule has 0 heteroatoms. The van der Waals surface area contributed by atoms with Crippen LogP contribution in [0.4, 0.5) is 0 Å². The molecule has 0 aromatic carbocycles. The zero-order chi connectivity index (χ0) is 12.7. The molecule has 0 radical (unpaired) electrons. The molecule has 0 aromatic heterocycles. The van der Waals surface area contributed by atoms with E-state index in [0.717, 1.165) is 11.8 Å². The van der Waals surface area contributed by atoms with Gasteiger partial charge in [0.1, 0.15) is 0 Å². The van der Waals surface area contributed by atoms with Gasteiger partial charge in [-0.05, 0) is 50.4 Å². The standard InChI is InChI=1S/C17H32/c1-5-8-10-16-12-14(4)15(7-3)13-17(16)11-9-6-2/h14-15H,5-13H2,1-4H3. The summed E-state index contributed by atoms with van der Waals surface area (Å²) in [6.45, 7) is 9.47. The first-order valence-corrected chi connectivity index (χ1v) is 7.92. The maximum atomic E-state index is 2.47. The van der Waals surface area contributed by atoms with Gasteiger partial charge in [-0.25, -0.2) is 0 Å². The van der Waals surface area contributed by atoms with Crippen molar-refractivity contribution in [3.05, 3.63) is 11.1 Å². The second kappa shape index (κ2) is 7.95. The van der Waals surface area contributed by atoms with E-state index in [1.807, 2.05) is 11.1 Å². The summed E-state index contributed by atoms with van der Waals surface area (Å²) >= 11 is 0. The second-order valence-electron chi connectivity index (χ2n) is 5.97. The topological polar surface area (TPSA) is 0 Å². The molecule has 1 rings (SSSR count). The van der Waals surface area contributed by atoms with Crippen molar-refractivity contribution in [1.29, 1.82) is 0 Å². The Morgan fingerprint density at radius 2 is 1.41 bits per heavy atom. The van der Waals surface area contributed by atoms with Gasteiger partial charge in [0, 0.05) is 0 Å². The van der Waals surface area contributed by atoms with Crippen LogP contribution in [-0.2, 0) is 0 Å². The lowest BCUT2D eigenvalue weighted by atomic mass is 9.73. The number of hydrogen-bond acceptors (Lipinski definition) is 0. The van der Waals surface area contributed by atoms with E-state index in [1.165, 1.54) is 57.8 Å². The molecule has 0 nitrogen and oxygen atoms in total. The summed E-state index contributed by atoms with van der Waals surface area (Å²) < 4.78 is 0. The molecule has 2 unspecified atom stereocenters. The molecule has 0 N–H and O–H groups in total. The molecule has 0 aliphatic heterocycles. The van der Waals surface area contributed by atoms with Gasteiger partial charge in [0.05, 0.1) is 0 Å². The third-order valence-electron chi connectivity index (χ3n) is 4.57. The van der Waals surface area contributed by atoms with Crippen LogP contribution in [0.2, 0.25) is 0 Å². The molecule has 0 saturated carbocycles. The monoisotopic (exact) mass is 236 g/mol. The first kappa shape index (κ1) is 14.8. The highest BCUT2D eigenvalue weighted by Gasteiger charge is 2.25. The van der Waals surface area contributed by atoms with E-state index in [9.17, 15) is 0 Å². The quantitative estimate of drug-likeness (QED) is 0.467. The summed E-state index contributed by atoms with van der Waals surface area (Å²) in [5.41, 5.74) is 3.70. The maximum Gasteiger partial charge on any atom is -0.0287 e. The van der Waals surface area contributed by atoms with E-state index in [-0.39, 0.29) is 0 Å². The largest absolute Gasteiger partial charge is 0.0707 e. The fraction of sp³-hybridized carbons (Fsp3) is 0.882. The summed E-state index contributed by atoms with van der Waals surface area (Å²) in [6.07, 6.45) is 12.4. The molecule has 1 aliphatic carbocycles. The van der Waals surface area contributed by atoms with Crippen molar-refractivity contribution in [1.82, 2.24) is 0 Å². The van der Waals surface area contributed by atoms with Crippen LogP contribution >= 0.6 is 0 Å². The molecular formula is C17H32. The Balaban J connectivity index is 2.68. The van der Waals surface area contributed by atoms with Crippen molar-refractivity contribution >= 4 is 0 Å². The Labute approximate surface area is 109 Å². The smallest absolute Gasteiger partial charge is 0.0287 e. The van der Waals surface area contributed by atoms with E-state index in [0.29, 0.717) is 0 Å². The SMILES string of the molecule is CCCCC1=C(CCCC)CC(CC)C(C)C1. The number of allylic oxidation sites excluding steroid dienone is 2. The van der Waals surface area contributed by atoms with Crippen LogP contribution in [0.15, 0.2) is 11.1 Å². The zero-order valence-electron chi connectivity index (χ0n) is 12.5. The van der Waals surface area contributed by atoms with Crippen molar-refractivity contribution in [2.24, 2.45) is 11.8 Å². The predicted molar refractivity (Wildman–Crippen MR) is 78.3 cm³/mol. The fourth-order valence-electron chi connectivity index (χ4n) is 3.25. The van der Waals surface area contributed by atoms with E-state index in [2.05, 4.69) is 27.7 Å². The first-order chi connectivity index (χ1) is 8.22. The number of hydrogen-bond donors (Lipinski definition) is 0. The van der Waals surface area contributed by atoms with E-state index < -0.39 is 0 Å². The van der Waals surface area contributed by atoms with Crippen LogP contribution in [0.3, 0.4) is 0 Å². The summed E-state index contributed by atoms with van der Waals surface area (Å²) in [5, 5.41) is 0. The zero-order valence-corrected chi connectivity index (χ0v) is 12.5. The molecule has 17 heavy (non-hydrogen) atoms. The van der Waals surface area contributed by atoms with Crippen LogP contribution in [0, 0.1) is 11.8 Å². The summed E-state index contributed by atoms with van der Waals surface area (Å²) in [7, 11) is 0. The van der Waals surface area contributed by atoms with Crippen molar-refractivity contribution < 1.29 is 0 Å². The summed E-state index contributed by atoms with van der Waals surface area (Å²) in [4.78, 5) is 0. The molecule has 0 saturated heterocycles. The van der Waals surface area contributed by atoms with Gasteiger partial charge in [-0.3, -0.25) is 0 Å². The number of unbranched alkanes of at least 4 members (excludes halogenated alkanes) is 2. The number of rotatable bonds is 7. The fourth-order valence-corrected chi connectivity index (χ4v) is 3.25. The Hall–Kier alpha value is -0.260. The molecule has 0 heterocycles. The Bertz CT molecular complexity index is 236. The Morgan fingerprint density at radius 1 is 0.882 bits per heavy atom. The highest BCUT2D eigenvalue weighted by Crippen LogP contribution is 2.39. The lowest BCUT2D eigenvalue weighted by Gasteiger charge is -2.32. The molecule has 100 valence electrons. The molecule has 0 aromatic rings. The van der Waals surface area contributed by atoms with Crippen LogP contribution in [0.5, 0.6) is 0 Å². The van der Waals surface area contributed by atoms with Crippen molar-refractivity contribution in [3.63, 3.8) is 0 Å². The third kappa shape index (κ3) is 4.48. The van der Waals surface area contributed by atoms with Gasteiger partial charge in [0.25, 0.3) is 0 Å². The Morgan fingerprint density at radius 3 is 1.88 bits per heavy atom. The third-order valence-corrected chi connectivity index (χ3v) is 4.57. The van der Waals surface area contributed by atoms with Crippen LogP contribution < -0.4 is 0 Å². The summed E-state index contributed by atoms with van der Waals surface area (Å²) in [5.74, 6) is 1.89. The van der Waals surface area contributed by atoms with Crippen LogP contribution in [-0.4, -0.2) is 0 Å². The first-order valence-electron chi connectivity index (χ1n) is 7.92. The second-order valence-corrected chi connectivity index (χ2v) is 5.97. The van der Waals surface area contributed by atoms with Crippen molar-refractivity contribution in [2.75, 3.05) is 0 Å². The molecule has 0 amide bonds. The minimum Gasteiger partial charge on any atom is -0.0707 e. The predicted octanol–water partition coefficient (Wildman–Crippen LogP) is 6.12. The van der Waals surface area contributed by atoms with Gasteiger partial charge < -0.3 is 0 Å². The molecule has 0 fully saturated rings. The molecule has 2 atom stereocenters. The average molecular weight is 236 g/mol. The van der Waals surface area contributed by atoms with Crippen LogP contribution in [0.25, 0.3) is 0 Å². The van der Waals surface area contributed by atoms with Crippen molar-refractivity contribution in [2.45, 2.75) is 85.5 Å². The normalized spacial score (nSPS) is 25.4. The van der Waals surface area contributed by atoms with Gasteiger partial charge >= 0.3 is 0 Å². The minimum absolute atomic E-state index is 0.928. The van der Waals surface area contributed by atoms with Crippen LogP contribution in [0.1, 0.15) is 85.5 Å². The average Bonchev–Trinajstić information content (AvgIpc) is 2.34. The lowest BCUT2D eigenvalue weighted by Crippen LogP contribution is -2.19. The van der Waals surface area contributed by atoms with Crippen molar-refractivity contribution in [3.8, 4) is 0 Å². The Kier molecular flexibility index (Phi) is 6.92. The molecule has 0 bridgehead atoms. The van der Waals surface area contributed by atoms with Gasteiger partial charge in [-0.2, -0.15) is 0 Å². The minimum atomic E-state index is 0.928. The van der Waals surface area contributed by atoms with Gasteiger partial charge in [0.15, 0.2) is 0 Å². The maximum absolute atomic E-state index is 2.47. The lowest BCUT2D eigenvalue weighted by molar-refractivity contribution is 0.312. The highest BCUT2D eigenvalue weighted by atomic mass is 14.3. The van der Waals surface area contributed by atoms with E-state index in [1.54, 1.807) is 0 Å². The van der Waals surface area contributed by atoms with Gasteiger partial charge in [0.2, 0.25) is 0 Å². The highest BCUT2D eigenvalue weighted by molar-refractivity contribution is 5.19. The van der Waals surface area contributed by atoms with Gasteiger partial charge in [-0.15, -0.1) is 0 Å².